The SMILES string of the molecule is CCCCOc1ccc(C2(C)CC(c3ccc(Cl)s3)=C(C)C(=O)N2)cc1. The zero-order valence-corrected chi connectivity index (χ0v) is 17.0. The van der Waals surface area contributed by atoms with Crippen LogP contribution in [-0.2, 0) is 10.3 Å². The fourth-order valence-corrected chi connectivity index (χ4v) is 4.33. The Bertz CT molecular complexity index is 825. The molecule has 0 radical (unpaired) electrons. The quantitative estimate of drug-likeness (QED) is 0.635. The van der Waals surface area contributed by atoms with Crippen LogP contribution >= 0.6 is 22.9 Å². The van der Waals surface area contributed by atoms with Gasteiger partial charge in [0.15, 0.2) is 0 Å². The fraction of sp³-hybridized carbons (Fsp3) is 0.381. The Labute approximate surface area is 164 Å². The molecule has 5 heteroatoms. The minimum Gasteiger partial charge on any atom is -0.494 e. The summed E-state index contributed by atoms with van der Waals surface area (Å²) in [6.07, 6.45) is 2.90. The molecule has 0 saturated carbocycles. The molecule has 0 saturated heterocycles. The van der Waals surface area contributed by atoms with Gasteiger partial charge in [-0.05, 0) is 55.7 Å². The number of amides is 1. The van der Waals surface area contributed by atoms with Crippen LogP contribution in [0.25, 0.3) is 5.57 Å². The number of ether oxygens (including phenoxy) is 1. The number of unbranched alkanes of at least 4 members (excludes halogenated alkanes) is 1. The molecule has 3 nitrogen and oxygen atoms in total. The molecule has 0 aliphatic carbocycles. The largest absolute Gasteiger partial charge is 0.494 e. The third-order valence-electron chi connectivity index (χ3n) is 4.84. The normalized spacial score (nSPS) is 20.2. The molecule has 1 amide bonds. The monoisotopic (exact) mass is 389 g/mol. The first-order chi connectivity index (χ1) is 12.4. The van der Waals surface area contributed by atoms with E-state index in [9.17, 15) is 4.79 Å². The smallest absolute Gasteiger partial charge is 0.247 e. The molecule has 3 rings (SSSR count). The lowest BCUT2D eigenvalue weighted by Gasteiger charge is -2.37. The topological polar surface area (TPSA) is 38.3 Å². The first kappa shape index (κ1) is 19.0. The van der Waals surface area contributed by atoms with Gasteiger partial charge in [0, 0.05) is 16.9 Å². The van der Waals surface area contributed by atoms with Crippen LogP contribution in [0, 0.1) is 0 Å². The fourth-order valence-electron chi connectivity index (χ4n) is 3.19. The van der Waals surface area contributed by atoms with E-state index in [0.29, 0.717) is 0 Å². The van der Waals surface area contributed by atoms with Crippen LogP contribution in [0.2, 0.25) is 4.34 Å². The summed E-state index contributed by atoms with van der Waals surface area (Å²) in [5.41, 5.74) is 2.45. The first-order valence-corrected chi connectivity index (χ1v) is 10.1. The van der Waals surface area contributed by atoms with Gasteiger partial charge in [-0.25, -0.2) is 0 Å². The van der Waals surface area contributed by atoms with Crippen LogP contribution in [0.1, 0.15) is 50.5 Å². The highest BCUT2D eigenvalue weighted by Gasteiger charge is 2.36. The molecular formula is C21H24ClNO2S. The van der Waals surface area contributed by atoms with Crippen molar-refractivity contribution < 1.29 is 9.53 Å². The summed E-state index contributed by atoms with van der Waals surface area (Å²) in [6.45, 7) is 6.82. The van der Waals surface area contributed by atoms with E-state index in [4.69, 9.17) is 16.3 Å². The van der Waals surface area contributed by atoms with Crippen molar-refractivity contribution in [3.63, 3.8) is 0 Å². The third kappa shape index (κ3) is 3.97. The predicted molar refractivity (Wildman–Crippen MR) is 109 cm³/mol. The maximum atomic E-state index is 12.6. The molecule has 0 bridgehead atoms. The molecule has 1 aromatic carbocycles. The summed E-state index contributed by atoms with van der Waals surface area (Å²) in [7, 11) is 0. The summed E-state index contributed by atoms with van der Waals surface area (Å²) in [4.78, 5) is 13.7. The molecule has 1 unspecified atom stereocenters. The van der Waals surface area contributed by atoms with Crippen LogP contribution < -0.4 is 10.1 Å². The van der Waals surface area contributed by atoms with E-state index >= 15 is 0 Å². The standard InChI is InChI=1S/C21H24ClNO2S/c1-4-5-12-25-16-8-6-15(7-9-16)21(3)13-17(14(2)20(24)23-21)18-10-11-19(22)26-18/h6-11H,4-5,12-13H2,1-3H3,(H,23,24). The Kier molecular flexibility index (Phi) is 5.73. The molecule has 0 spiro atoms. The van der Waals surface area contributed by atoms with E-state index in [1.54, 1.807) is 0 Å². The van der Waals surface area contributed by atoms with E-state index in [1.165, 1.54) is 11.3 Å². The number of hydrogen-bond donors (Lipinski definition) is 1. The molecule has 1 N–H and O–H groups in total. The van der Waals surface area contributed by atoms with Gasteiger partial charge in [-0.3, -0.25) is 4.79 Å². The van der Waals surface area contributed by atoms with Gasteiger partial charge in [0.2, 0.25) is 5.91 Å². The highest BCUT2D eigenvalue weighted by atomic mass is 35.5. The Morgan fingerprint density at radius 1 is 1.23 bits per heavy atom. The van der Waals surface area contributed by atoms with Crippen molar-refractivity contribution in [1.29, 1.82) is 0 Å². The Balaban J connectivity index is 1.84. The van der Waals surface area contributed by atoms with E-state index < -0.39 is 5.54 Å². The molecule has 1 aromatic heterocycles. The second-order valence-corrected chi connectivity index (χ2v) is 8.61. The average Bonchev–Trinajstić information content (AvgIpc) is 3.05. The zero-order valence-electron chi connectivity index (χ0n) is 15.4. The third-order valence-corrected chi connectivity index (χ3v) is 6.13. The zero-order chi connectivity index (χ0) is 18.7. The van der Waals surface area contributed by atoms with Crippen molar-refractivity contribution >= 4 is 34.4 Å². The lowest BCUT2D eigenvalue weighted by molar-refractivity contribution is -0.119. The van der Waals surface area contributed by atoms with Crippen molar-refractivity contribution in [2.45, 2.75) is 45.6 Å². The number of carbonyl (C=O) groups excluding carboxylic acids is 1. The van der Waals surface area contributed by atoms with Crippen molar-refractivity contribution in [2.24, 2.45) is 0 Å². The van der Waals surface area contributed by atoms with Gasteiger partial charge in [0.1, 0.15) is 5.75 Å². The summed E-state index contributed by atoms with van der Waals surface area (Å²) >= 11 is 7.62. The second kappa shape index (κ2) is 7.85. The number of benzene rings is 1. The van der Waals surface area contributed by atoms with Gasteiger partial charge in [-0.15, -0.1) is 11.3 Å². The number of hydrogen-bond acceptors (Lipinski definition) is 3. The van der Waals surface area contributed by atoms with Crippen molar-refractivity contribution in [3.05, 3.63) is 56.7 Å². The maximum Gasteiger partial charge on any atom is 0.247 e. The lowest BCUT2D eigenvalue weighted by Crippen LogP contribution is -2.47. The van der Waals surface area contributed by atoms with Crippen LogP contribution in [0.5, 0.6) is 5.75 Å². The number of halogens is 1. The number of thiophene rings is 1. The highest BCUT2D eigenvalue weighted by Crippen LogP contribution is 2.41. The number of rotatable bonds is 6. The van der Waals surface area contributed by atoms with Gasteiger partial charge >= 0.3 is 0 Å². The highest BCUT2D eigenvalue weighted by molar-refractivity contribution is 7.17. The molecule has 1 aliphatic rings. The molecule has 0 fully saturated rings. The Hall–Kier alpha value is -1.78. The van der Waals surface area contributed by atoms with Crippen molar-refractivity contribution in [1.82, 2.24) is 5.32 Å². The van der Waals surface area contributed by atoms with Crippen LogP contribution in [0.3, 0.4) is 0 Å². The Morgan fingerprint density at radius 2 is 1.96 bits per heavy atom. The van der Waals surface area contributed by atoms with Gasteiger partial charge in [-0.2, -0.15) is 0 Å². The van der Waals surface area contributed by atoms with E-state index in [2.05, 4.69) is 19.2 Å². The van der Waals surface area contributed by atoms with E-state index in [1.807, 2.05) is 43.3 Å². The average molecular weight is 390 g/mol. The summed E-state index contributed by atoms with van der Waals surface area (Å²) in [6, 6.07) is 11.9. The molecule has 1 atom stereocenters. The summed E-state index contributed by atoms with van der Waals surface area (Å²) in [5, 5.41) is 3.17. The molecule has 26 heavy (non-hydrogen) atoms. The van der Waals surface area contributed by atoms with Gasteiger partial charge in [-0.1, -0.05) is 37.1 Å². The molecular weight excluding hydrogens is 366 g/mol. The first-order valence-electron chi connectivity index (χ1n) is 8.94. The lowest BCUT2D eigenvalue weighted by atomic mass is 9.80. The maximum absolute atomic E-state index is 12.6. The minimum absolute atomic E-state index is 0.0263. The molecule has 2 aromatic rings. The molecule has 1 aliphatic heterocycles. The number of carbonyl (C=O) groups is 1. The van der Waals surface area contributed by atoms with Crippen LogP contribution in [0.4, 0.5) is 0 Å². The summed E-state index contributed by atoms with van der Waals surface area (Å²) < 4.78 is 6.48. The molecule has 138 valence electrons. The molecule has 2 heterocycles. The van der Waals surface area contributed by atoms with E-state index in [-0.39, 0.29) is 5.91 Å². The van der Waals surface area contributed by atoms with Gasteiger partial charge < -0.3 is 10.1 Å². The van der Waals surface area contributed by atoms with Gasteiger partial charge in [0.25, 0.3) is 0 Å². The van der Waals surface area contributed by atoms with E-state index in [0.717, 1.165) is 57.5 Å². The second-order valence-electron chi connectivity index (χ2n) is 6.90. The van der Waals surface area contributed by atoms with Crippen molar-refractivity contribution in [3.8, 4) is 5.75 Å². The van der Waals surface area contributed by atoms with Crippen LogP contribution in [0.15, 0.2) is 42.0 Å². The van der Waals surface area contributed by atoms with Gasteiger partial charge in [0.05, 0.1) is 16.5 Å². The summed E-state index contributed by atoms with van der Waals surface area (Å²) in [5.74, 6) is 0.839. The minimum atomic E-state index is -0.454. The Morgan fingerprint density at radius 3 is 2.58 bits per heavy atom. The number of nitrogens with one attached hydrogen (secondary N) is 1. The van der Waals surface area contributed by atoms with Crippen LogP contribution in [-0.4, -0.2) is 12.5 Å². The predicted octanol–water partition coefficient (Wildman–Crippen LogP) is 5.79. The van der Waals surface area contributed by atoms with Crippen molar-refractivity contribution in [2.75, 3.05) is 6.61 Å².